The number of hydrogen-bond donors (Lipinski definition) is 0. The number of unbranched alkanes of at least 4 members (excludes halogenated alkanes) is 13. The Labute approximate surface area is 193 Å². The van der Waals surface area contributed by atoms with Crippen LogP contribution in [-0.2, 0) is 0 Å². The van der Waals surface area contributed by atoms with Crippen LogP contribution in [0.1, 0.15) is 137 Å². The van der Waals surface area contributed by atoms with Crippen LogP contribution in [0.2, 0.25) is 0 Å². The topological polar surface area (TPSA) is 0 Å². The first-order valence-corrected chi connectivity index (χ1v) is 16.0. The van der Waals surface area contributed by atoms with E-state index < -0.39 is 14.5 Å². The minimum absolute atomic E-state index is 0.581. The standard InChI is InChI=1S/C25H54P.BF4/c1-5-9-10-11-12-13-14-15-16-17-18-19-20-21-25-26(22-6-2,23-7-3)24-8-4;2-1(3,4)5/h5-25H2,1-4H3;/q+1;-1. The summed E-state index contributed by atoms with van der Waals surface area (Å²) in [6, 6.07) is 0. The van der Waals surface area contributed by atoms with Gasteiger partial charge in [0.15, 0.2) is 0 Å². The van der Waals surface area contributed by atoms with Gasteiger partial charge >= 0.3 is 7.25 Å². The summed E-state index contributed by atoms with van der Waals surface area (Å²) in [5, 5.41) is 0. The van der Waals surface area contributed by atoms with Gasteiger partial charge in [0.2, 0.25) is 0 Å². The monoisotopic (exact) mass is 472 g/mol. The molecule has 0 aromatic rings. The fourth-order valence-corrected chi connectivity index (χ4v) is 9.82. The minimum atomic E-state index is -6.00. The van der Waals surface area contributed by atoms with Crippen molar-refractivity contribution in [2.75, 3.05) is 24.6 Å². The molecule has 6 heteroatoms. The summed E-state index contributed by atoms with van der Waals surface area (Å²) in [6.45, 7) is 9.53. The molecule has 0 saturated heterocycles. The summed E-state index contributed by atoms with van der Waals surface area (Å²) < 4.78 is 39.0. The lowest BCUT2D eigenvalue weighted by atomic mass is 10.0. The molecule has 0 heterocycles. The Morgan fingerprint density at radius 3 is 0.903 bits per heavy atom. The van der Waals surface area contributed by atoms with Crippen molar-refractivity contribution in [1.29, 1.82) is 0 Å². The summed E-state index contributed by atoms with van der Waals surface area (Å²) in [5.41, 5.74) is 0. The lowest BCUT2D eigenvalue weighted by molar-refractivity contribution is 0.368. The van der Waals surface area contributed by atoms with Gasteiger partial charge in [-0.2, -0.15) is 0 Å². The van der Waals surface area contributed by atoms with E-state index in [9.17, 15) is 17.3 Å². The normalized spacial score (nSPS) is 12.0. The molecule has 31 heavy (non-hydrogen) atoms. The van der Waals surface area contributed by atoms with E-state index >= 15 is 0 Å². The maximum Gasteiger partial charge on any atom is 0.673 e. The largest absolute Gasteiger partial charge is 0.673 e. The molecular weight excluding hydrogens is 418 g/mol. The Balaban J connectivity index is 0. The van der Waals surface area contributed by atoms with Crippen LogP contribution in [0.15, 0.2) is 0 Å². The highest BCUT2D eigenvalue weighted by atomic mass is 31.2. The van der Waals surface area contributed by atoms with E-state index in [1.807, 2.05) is 0 Å². The fourth-order valence-electron chi connectivity index (χ4n) is 4.74. The van der Waals surface area contributed by atoms with Crippen molar-refractivity contribution in [2.45, 2.75) is 137 Å². The van der Waals surface area contributed by atoms with Crippen molar-refractivity contribution in [3.05, 3.63) is 0 Å². The van der Waals surface area contributed by atoms with Crippen molar-refractivity contribution in [1.82, 2.24) is 0 Å². The quantitative estimate of drug-likeness (QED) is 0.0674. The molecule has 0 aromatic carbocycles. The lowest BCUT2D eigenvalue weighted by Gasteiger charge is -2.27. The molecule has 0 N–H and O–H groups in total. The van der Waals surface area contributed by atoms with Gasteiger partial charge in [-0.25, -0.2) is 0 Å². The molecule has 0 amide bonds. The molecule has 0 unspecified atom stereocenters. The van der Waals surface area contributed by atoms with Crippen molar-refractivity contribution < 1.29 is 17.3 Å². The van der Waals surface area contributed by atoms with Gasteiger partial charge in [0.1, 0.15) is 0 Å². The van der Waals surface area contributed by atoms with E-state index in [0.717, 1.165) is 0 Å². The molecule has 0 aliphatic carbocycles. The molecule has 0 aliphatic heterocycles. The Bertz CT molecular complexity index is 328. The summed E-state index contributed by atoms with van der Waals surface area (Å²) in [6.07, 6.45) is 31.4. The van der Waals surface area contributed by atoms with Crippen LogP contribution in [0.25, 0.3) is 0 Å². The molecule has 0 saturated carbocycles. The number of rotatable bonds is 21. The third-order valence-corrected chi connectivity index (χ3v) is 11.5. The van der Waals surface area contributed by atoms with Gasteiger partial charge in [-0.1, -0.05) is 105 Å². The molecule has 0 radical (unpaired) electrons. The predicted octanol–water partition coefficient (Wildman–Crippen LogP) is 11.0. The first kappa shape index (κ1) is 33.4. The van der Waals surface area contributed by atoms with Crippen LogP contribution in [0.5, 0.6) is 0 Å². The van der Waals surface area contributed by atoms with Gasteiger partial charge in [0.25, 0.3) is 0 Å². The SMILES string of the molecule is CCCCCCCCCCCCCCCC[P+](CCC)(CCC)CCC.F[B-](F)(F)F. The number of halogens is 4. The van der Waals surface area contributed by atoms with E-state index in [4.69, 9.17) is 0 Å². The molecule has 0 aromatic heterocycles. The van der Waals surface area contributed by atoms with Crippen LogP contribution in [0.3, 0.4) is 0 Å². The predicted molar refractivity (Wildman–Crippen MR) is 138 cm³/mol. The third-order valence-electron chi connectivity index (χ3n) is 6.08. The highest BCUT2D eigenvalue weighted by Crippen LogP contribution is 2.60. The number of hydrogen-bond acceptors (Lipinski definition) is 0. The van der Waals surface area contributed by atoms with E-state index in [0.29, 0.717) is 0 Å². The Kier molecular flexibility index (Phi) is 25.2. The minimum Gasteiger partial charge on any atom is -0.418 e. The zero-order valence-corrected chi connectivity index (χ0v) is 22.3. The highest BCUT2D eigenvalue weighted by molar-refractivity contribution is 7.75. The van der Waals surface area contributed by atoms with E-state index in [2.05, 4.69) is 27.7 Å². The van der Waals surface area contributed by atoms with Crippen LogP contribution in [0.4, 0.5) is 17.3 Å². The smallest absolute Gasteiger partial charge is 0.418 e. The zero-order valence-electron chi connectivity index (χ0n) is 21.4. The Morgan fingerprint density at radius 2 is 0.645 bits per heavy atom. The Morgan fingerprint density at radius 1 is 0.387 bits per heavy atom. The van der Waals surface area contributed by atoms with Crippen LogP contribution in [-0.4, -0.2) is 31.9 Å². The molecule has 0 nitrogen and oxygen atoms in total. The second-order valence-electron chi connectivity index (χ2n) is 9.33. The van der Waals surface area contributed by atoms with Gasteiger partial charge in [-0.15, -0.1) is 0 Å². The maximum atomic E-state index is 9.75. The third kappa shape index (κ3) is 28.2. The average Bonchev–Trinajstić information content (AvgIpc) is 2.67. The van der Waals surface area contributed by atoms with Crippen molar-refractivity contribution in [3.8, 4) is 0 Å². The Hall–Kier alpha value is 0.215. The highest BCUT2D eigenvalue weighted by Gasteiger charge is 2.33. The van der Waals surface area contributed by atoms with Gasteiger partial charge < -0.3 is 17.3 Å². The van der Waals surface area contributed by atoms with Gasteiger partial charge in [-0.05, 0) is 32.1 Å². The zero-order chi connectivity index (χ0) is 23.8. The van der Waals surface area contributed by atoms with Crippen molar-refractivity contribution in [2.24, 2.45) is 0 Å². The fraction of sp³-hybridized carbons (Fsp3) is 1.00. The summed E-state index contributed by atoms with van der Waals surface area (Å²) in [4.78, 5) is 0. The first-order valence-electron chi connectivity index (χ1n) is 13.5. The summed E-state index contributed by atoms with van der Waals surface area (Å²) in [5.74, 6) is 0. The van der Waals surface area contributed by atoms with E-state index in [-0.39, 0.29) is 0 Å². The van der Waals surface area contributed by atoms with Gasteiger partial charge in [-0.3, -0.25) is 0 Å². The maximum absolute atomic E-state index is 9.75. The van der Waals surface area contributed by atoms with E-state index in [1.165, 1.54) is 109 Å². The van der Waals surface area contributed by atoms with Crippen molar-refractivity contribution >= 4 is 14.5 Å². The summed E-state index contributed by atoms with van der Waals surface area (Å²) in [7, 11) is -6.58. The molecule has 0 spiro atoms. The average molecular weight is 472 g/mol. The van der Waals surface area contributed by atoms with E-state index in [1.54, 1.807) is 24.6 Å². The second-order valence-corrected chi connectivity index (χ2v) is 13.8. The van der Waals surface area contributed by atoms with Crippen LogP contribution in [0, 0.1) is 0 Å². The molecule has 190 valence electrons. The summed E-state index contributed by atoms with van der Waals surface area (Å²) >= 11 is 0. The lowest BCUT2D eigenvalue weighted by Crippen LogP contribution is -2.11. The molecule has 0 bridgehead atoms. The van der Waals surface area contributed by atoms with Gasteiger partial charge in [0, 0.05) is 7.26 Å². The molecule has 0 rings (SSSR count). The van der Waals surface area contributed by atoms with Crippen LogP contribution < -0.4 is 0 Å². The molecule has 0 fully saturated rings. The van der Waals surface area contributed by atoms with Crippen LogP contribution >= 0.6 is 7.26 Å². The first-order chi connectivity index (χ1) is 14.7. The molecule has 0 atom stereocenters. The van der Waals surface area contributed by atoms with Gasteiger partial charge in [0.05, 0.1) is 24.6 Å². The molecule has 0 aliphatic rings. The second kappa shape index (κ2) is 23.4. The van der Waals surface area contributed by atoms with Crippen molar-refractivity contribution in [3.63, 3.8) is 0 Å². The molecular formula is C25H54BF4P.